The number of amides is 1. The number of carbonyl (C=O) groups excluding carboxylic acids is 1. The van der Waals surface area contributed by atoms with E-state index in [1.54, 1.807) is 7.11 Å². The minimum Gasteiger partial charge on any atom is -0.375 e. The SMILES string of the molecule is COCC(=O)N1c2nc(C3CCCCC3)nn2C2(CCCCC2)[C@@H]2CCCC[C@@H]21. The third kappa shape index (κ3) is 3.22. The highest BCUT2D eigenvalue weighted by Crippen LogP contribution is 2.53. The normalized spacial score (nSPS) is 29.5. The molecular weight excluding hydrogens is 364 g/mol. The number of nitrogens with zero attached hydrogens (tertiary/aromatic N) is 4. The van der Waals surface area contributed by atoms with E-state index in [0.717, 1.165) is 18.2 Å². The number of fused-ring (bicyclic) bond motifs is 4. The summed E-state index contributed by atoms with van der Waals surface area (Å²) >= 11 is 0. The minimum absolute atomic E-state index is 0.0545. The Labute approximate surface area is 174 Å². The lowest BCUT2D eigenvalue weighted by Gasteiger charge is -2.55. The van der Waals surface area contributed by atoms with Gasteiger partial charge in [0.25, 0.3) is 5.91 Å². The highest BCUT2D eigenvalue weighted by Gasteiger charge is 2.55. The minimum atomic E-state index is 0.0545. The van der Waals surface area contributed by atoms with Gasteiger partial charge in [-0.3, -0.25) is 9.69 Å². The van der Waals surface area contributed by atoms with Gasteiger partial charge in [0.05, 0.1) is 5.54 Å². The van der Waals surface area contributed by atoms with Crippen molar-refractivity contribution in [1.82, 2.24) is 14.8 Å². The Morgan fingerprint density at radius 2 is 1.69 bits per heavy atom. The molecule has 1 spiro atoms. The maximum absolute atomic E-state index is 13.2. The fourth-order valence-corrected chi connectivity index (χ4v) is 6.90. The first kappa shape index (κ1) is 19.5. The largest absolute Gasteiger partial charge is 0.375 e. The number of anilines is 1. The van der Waals surface area contributed by atoms with E-state index < -0.39 is 0 Å². The number of methoxy groups -OCH3 is 1. The summed E-state index contributed by atoms with van der Waals surface area (Å²) in [4.78, 5) is 20.3. The average Bonchev–Trinajstić information content (AvgIpc) is 3.22. The number of hydrogen-bond donors (Lipinski definition) is 0. The number of aromatic nitrogens is 3. The molecule has 1 aliphatic heterocycles. The highest BCUT2D eigenvalue weighted by molar-refractivity contribution is 5.93. The van der Waals surface area contributed by atoms with Crippen LogP contribution in [0.25, 0.3) is 0 Å². The first-order chi connectivity index (χ1) is 14.2. The van der Waals surface area contributed by atoms with E-state index >= 15 is 0 Å². The molecule has 3 fully saturated rings. The zero-order chi connectivity index (χ0) is 19.8. The van der Waals surface area contributed by atoms with E-state index in [-0.39, 0.29) is 24.1 Å². The average molecular weight is 401 g/mol. The second-order valence-corrected chi connectivity index (χ2v) is 9.84. The van der Waals surface area contributed by atoms with Gasteiger partial charge in [-0.05, 0) is 38.5 Å². The molecule has 1 aromatic rings. The van der Waals surface area contributed by atoms with Crippen LogP contribution in [0, 0.1) is 5.92 Å². The van der Waals surface area contributed by atoms with Gasteiger partial charge >= 0.3 is 0 Å². The highest BCUT2D eigenvalue weighted by atomic mass is 16.5. The Balaban J connectivity index is 1.62. The summed E-state index contributed by atoms with van der Waals surface area (Å²) in [5.74, 6) is 2.85. The van der Waals surface area contributed by atoms with Crippen molar-refractivity contribution in [2.24, 2.45) is 5.92 Å². The van der Waals surface area contributed by atoms with Crippen molar-refractivity contribution < 1.29 is 9.53 Å². The van der Waals surface area contributed by atoms with Gasteiger partial charge in [0, 0.05) is 25.0 Å². The summed E-state index contributed by atoms with van der Waals surface area (Å²) in [6, 6.07) is 0.264. The van der Waals surface area contributed by atoms with Crippen molar-refractivity contribution in [3.63, 3.8) is 0 Å². The molecule has 3 aliphatic carbocycles. The molecule has 6 heteroatoms. The van der Waals surface area contributed by atoms with E-state index in [1.807, 2.05) is 4.90 Å². The van der Waals surface area contributed by atoms with Crippen LogP contribution in [0.5, 0.6) is 0 Å². The molecule has 1 amide bonds. The molecule has 2 atom stereocenters. The predicted octanol–water partition coefficient (Wildman–Crippen LogP) is 4.54. The predicted molar refractivity (Wildman–Crippen MR) is 112 cm³/mol. The van der Waals surface area contributed by atoms with Crippen LogP contribution < -0.4 is 4.90 Å². The third-order valence-electron chi connectivity index (χ3n) is 8.22. The lowest BCUT2D eigenvalue weighted by Crippen LogP contribution is -2.62. The second-order valence-electron chi connectivity index (χ2n) is 9.84. The first-order valence-corrected chi connectivity index (χ1v) is 12.0. The molecule has 3 saturated carbocycles. The number of hydrogen-bond acceptors (Lipinski definition) is 4. The number of carbonyl (C=O) groups is 1. The van der Waals surface area contributed by atoms with Crippen molar-refractivity contribution in [3.05, 3.63) is 5.82 Å². The monoisotopic (exact) mass is 400 g/mol. The fourth-order valence-electron chi connectivity index (χ4n) is 6.90. The van der Waals surface area contributed by atoms with Crippen molar-refractivity contribution in [2.75, 3.05) is 18.6 Å². The Kier molecular flexibility index (Phi) is 5.39. The van der Waals surface area contributed by atoms with Crippen LogP contribution in [0.3, 0.4) is 0 Å². The topological polar surface area (TPSA) is 60.2 Å². The van der Waals surface area contributed by atoms with Gasteiger partial charge in [-0.1, -0.05) is 51.4 Å². The van der Waals surface area contributed by atoms with Gasteiger partial charge in [-0.25, -0.2) is 4.68 Å². The molecule has 0 radical (unpaired) electrons. The van der Waals surface area contributed by atoms with Gasteiger partial charge in [0.2, 0.25) is 5.95 Å². The quantitative estimate of drug-likeness (QED) is 0.747. The fraction of sp³-hybridized carbons (Fsp3) is 0.870. The first-order valence-electron chi connectivity index (χ1n) is 12.0. The van der Waals surface area contributed by atoms with Crippen molar-refractivity contribution in [1.29, 1.82) is 0 Å². The van der Waals surface area contributed by atoms with Gasteiger partial charge < -0.3 is 4.74 Å². The lowest BCUT2D eigenvalue weighted by atomic mass is 9.64. The van der Waals surface area contributed by atoms with Crippen LogP contribution in [-0.4, -0.2) is 40.4 Å². The van der Waals surface area contributed by atoms with Crippen LogP contribution in [-0.2, 0) is 15.1 Å². The van der Waals surface area contributed by atoms with Gasteiger partial charge in [-0.15, -0.1) is 0 Å². The molecule has 0 N–H and O–H groups in total. The van der Waals surface area contributed by atoms with E-state index in [0.29, 0.717) is 11.8 Å². The van der Waals surface area contributed by atoms with Gasteiger partial charge in [0.1, 0.15) is 6.61 Å². The summed E-state index contributed by atoms with van der Waals surface area (Å²) in [5.41, 5.74) is 0.0719. The zero-order valence-electron chi connectivity index (χ0n) is 17.9. The van der Waals surface area contributed by atoms with Gasteiger partial charge in [-0.2, -0.15) is 10.1 Å². The summed E-state index contributed by atoms with van der Waals surface area (Å²) in [6.07, 6.45) is 17.3. The van der Waals surface area contributed by atoms with E-state index in [1.165, 1.54) is 83.5 Å². The van der Waals surface area contributed by atoms with Gasteiger partial charge in [0.15, 0.2) is 5.82 Å². The summed E-state index contributed by atoms with van der Waals surface area (Å²) < 4.78 is 7.52. The Hall–Kier alpha value is -1.43. The third-order valence-corrected chi connectivity index (χ3v) is 8.22. The molecule has 160 valence electrons. The second kappa shape index (κ2) is 8.01. The number of ether oxygens (including phenoxy) is 1. The molecule has 0 unspecified atom stereocenters. The summed E-state index contributed by atoms with van der Waals surface area (Å²) in [5, 5.41) is 5.21. The lowest BCUT2D eigenvalue weighted by molar-refractivity contribution is -0.124. The van der Waals surface area contributed by atoms with E-state index in [9.17, 15) is 4.79 Å². The Morgan fingerprint density at radius 3 is 2.45 bits per heavy atom. The van der Waals surface area contributed by atoms with Crippen molar-refractivity contribution >= 4 is 11.9 Å². The molecule has 6 nitrogen and oxygen atoms in total. The smallest absolute Gasteiger partial charge is 0.255 e. The Morgan fingerprint density at radius 1 is 1.00 bits per heavy atom. The zero-order valence-corrected chi connectivity index (χ0v) is 17.9. The molecule has 0 bridgehead atoms. The van der Waals surface area contributed by atoms with Crippen molar-refractivity contribution in [2.45, 2.75) is 107 Å². The van der Waals surface area contributed by atoms with E-state index in [4.69, 9.17) is 14.8 Å². The molecule has 29 heavy (non-hydrogen) atoms. The van der Waals surface area contributed by atoms with Crippen LogP contribution >= 0.6 is 0 Å². The molecule has 1 aromatic heterocycles. The maximum atomic E-state index is 13.2. The molecule has 4 aliphatic rings. The van der Waals surface area contributed by atoms with Crippen LogP contribution in [0.15, 0.2) is 0 Å². The van der Waals surface area contributed by atoms with Crippen molar-refractivity contribution in [3.8, 4) is 0 Å². The standard InChI is InChI=1S/C23H36N4O2/c1-29-16-20(28)26-19-13-7-6-12-18(19)23(14-8-3-9-15-23)27-22(26)24-21(25-27)17-10-4-2-5-11-17/h17-19H,2-16H2,1H3/t18-,19+/m1/s1. The molecule has 2 heterocycles. The molecule has 0 aromatic carbocycles. The summed E-state index contributed by atoms with van der Waals surface area (Å²) in [7, 11) is 1.61. The molecule has 5 rings (SSSR count). The maximum Gasteiger partial charge on any atom is 0.255 e. The Bertz CT molecular complexity index is 733. The number of rotatable bonds is 3. The molecule has 0 saturated heterocycles. The van der Waals surface area contributed by atoms with Crippen LogP contribution in [0.4, 0.5) is 5.95 Å². The van der Waals surface area contributed by atoms with Crippen LogP contribution in [0.1, 0.15) is 102 Å². The van der Waals surface area contributed by atoms with E-state index in [2.05, 4.69) is 4.68 Å². The summed E-state index contributed by atoms with van der Waals surface area (Å²) in [6.45, 7) is 0.127. The van der Waals surface area contributed by atoms with Crippen LogP contribution in [0.2, 0.25) is 0 Å². The molecular formula is C23H36N4O2.